The summed E-state index contributed by atoms with van der Waals surface area (Å²) in [4.78, 5) is 23.8. The van der Waals surface area contributed by atoms with Gasteiger partial charge in [-0.25, -0.2) is 9.97 Å². The molecule has 2 aromatic carbocycles. The number of anilines is 2. The number of nitro benzene ring substituents is 1. The van der Waals surface area contributed by atoms with Crippen LogP contribution in [0.1, 0.15) is 0 Å². The number of fused-ring (bicyclic) bond motifs is 1. The van der Waals surface area contributed by atoms with Gasteiger partial charge in [-0.05, 0) is 36.4 Å². The molecule has 29 heavy (non-hydrogen) atoms. The zero-order valence-corrected chi connectivity index (χ0v) is 15.4. The van der Waals surface area contributed by atoms with E-state index in [0.717, 1.165) is 28.0 Å². The van der Waals surface area contributed by atoms with E-state index in [4.69, 9.17) is 0 Å². The van der Waals surface area contributed by atoms with Crippen molar-refractivity contribution in [2.45, 2.75) is 0 Å². The highest BCUT2D eigenvalue weighted by molar-refractivity contribution is 5.90. The Morgan fingerprint density at radius 1 is 0.897 bits per heavy atom. The zero-order valence-electron chi connectivity index (χ0n) is 15.4. The van der Waals surface area contributed by atoms with Crippen LogP contribution in [0.5, 0.6) is 0 Å². The van der Waals surface area contributed by atoms with E-state index in [1.54, 1.807) is 24.5 Å². The molecule has 2 aromatic heterocycles. The molecule has 4 rings (SSSR count). The Kier molecular flexibility index (Phi) is 5.24. The molecule has 8 heteroatoms. The minimum Gasteiger partial charge on any atom is -0.383 e. The number of rotatable bonds is 7. The Balaban J connectivity index is 1.48. The Morgan fingerprint density at radius 3 is 2.45 bits per heavy atom. The Labute approximate surface area is 166 Å². The SMILES string of the molecule is O=[N+]([O-])c1ccc(NCCNc2nc(-c3cccnc3)nc3ccccc23)cc1. The average Bonchev–Trinajstić information content (AvgIpc) is 2.77. The lowest BCUT2D eigenvalue weighted by molar-refractivity contribution is -0.384. The van der Waals surface area contributed by atoms with Gasteiger partial charge in [-0.2, -0.15) is 0 Å². The Hall–Kier alpha value is -4.07. The zero-order chi connectivity index (χ0) is 20.1. The first-order chi connectivity index (χ1) is 14.2. The Bertz CT molecular complexity index is 1130. The van der Waals surface area contributed by atoms with Crippen LogP contribution < -0.4 is 10.6 Å². The second kappa shape index (κ2) is 8.30. The van der Waals surface area contributed by atoms with Crippen LogP contribution in [0.15, 0.2) is 73.1 Å². The lowest BCUT2D eigenvalue weighted by atomic mass is 10.2. The fraction of sp³-hybridized carbons (Fsp3) is 0.0952. The quantitative estimate of drug-likeness (QED) is 0.279. The van der Waals surface area contributed by atoms with Crippen molar-refractivity contribution in [3.05, 3.63) is 83.2 Å². The summed E-state index contributed by atoms with van der Waals surface area (Å²) in [6.07, 6.45) is 3.46. The first-order valence-electron chi connectivity index (χ1n) is 9.10. The van der Waals surface area contributed by atoms with Crippen LogP contribution in [0.4, 0.5) is 17.2 Å². The number of non-ortho nitro benzene ring substituents is 1. The van der Waals surface area contributed by atoms with E-state index in [1.807, 2.05) is 36.4 Å². The summed E-state index contributed by atoms with van der Waals surface area (Å²) in [7, 11) is 0. The van der Waals surface area contributed by atoms with Crippen molar-refractivity contribution in [1.29, 1.82) is 0 Å². The second-order valence-corrected chi connectivity index (χ2v) is 6.31. The lowest BCUT2D eigenvalue weighted by Gasteiger charge is -2.12. The van der Waals surface area contributed by atoms with Crippen LogP contribution in [0.2, 0.25) is 0 Å². The van der Waals surface area contributed by atoms with Crippen LogP contribution in [-0.4, -0.2) is 33.0 Å². The van der Waals surface area contributed by atoms with E-state index in [2.05, 4.69) is 25.6 Å². The van der Waals surface area contributed by atoms with Gasteiger partial charge in [-0.3, -0.25) is 15.1 Å². The lowest BCUT2D eigenvalue weighted by Crippen LogP contribution is -2.15. The summed E-state index contributed by atoms with van der Waals surface area (Å²) in [6, 6.07) is 18.0. The number of nitro groups is 1. The van der Waals surface area contributed by atoms with Crippen molar-refractivity contribution in [1.82, 2.24) is 15.0 Å². The molecule has 2 N–H and O–H groups in total. The number of para-hydroxylation sites is 1. The van der Waals surface area contributed by atoms with Crippen molar-refractivity contribution in [3.8, 4) is 11.4 Å². The molecule has 0 aliphatic heterocycles. The van der Waals surface area contributed by atoms with E-state index in [-0.39, 0.29) is 5.69 Å². The van der Waals surface area contributed by atoms with Gasteiger partial charge in [0, 0.05) is 54.3 Å². The average molecular weight is 386 g/mol. The number of hydrogen-bond donors (Lipinski definition) is 2. The van der Waals surface area contributed by atoms with E-state index in [9.17, 15) is 10.1 Å². The van der Waals surface area contributed by atoms with Gasteiger partial charge in [0.15, 0.2) is 5.82 Å². The summed E-state index contributed by atoms with van der Waals surface area (Å²) in [5.74, 6) is 1.36. The molecular weight excluding hydrogens is 368 g/mol. The third kappa shape index (κ3) is 4.27. The van der Waals surface area contributed by atoms with Crippen molar-refractivity contribution in [2.24, 2.45) is 0 Å². The highest BCUT2D eigenvalue weighted by atomic mass is 16.6. The molecule has 0 amide bonds. The molecule has 0 unspecified atom stereocenters. The van der Waals surface area contributed by atoms with E-state index in [1.165, 1.54) is 12.1 Å². The fourth-order valence-corrected chi connectivity index (χ4v) is 2.92. The molecular formula is C21H18N6O2. The van der Waals surface area contributed by atoms with Gasteiger partial charge in [0.1, 0.15) is 5.82 Å². The number of pyridine rings is 1. The minimum absolute atomic E-state index is 0.0732. The number of nitrogens with one attached hydrogen (secondary N) is 2. The molecule has 0 saturated carbocycles. The molecule has 0 aliphatic carbocycles. The first-order valence-corrected chi connectivity index (χ1v) is 9.10. The fourth-order valence-electron chi connectivity index (χ4n) is 2.92. The molecule has 0 fully saturated rings. The van der Waals surface area contributed by atoms with Crippen LogP contribution in [0.3, 0.4) is 0 Å². The second-order valence-electron chi connectivity index (χ2n) is 6.31. The maximum absolute atomic E-state index is 10.7. The van der Waals surface area contributed by atoms with Crippen molar-refractivity contribution in [3.63, 3.8) is 0 Å². The minimum atomic E-state index is -0.411. The largest absolute Gasteiger partial charge is 0.383 e. The molecule has 2 heterocycles. The summed E-state index contributed by atoms with van der Waals surface area (Å²) >= 11 is 0. The molecule has 0 atom stereocenters. The normalized spacial score (nSPS) is 10.6. The summed E-state index contributed by atoms with van der Waals surface area (Å²) < 4.78 is 0. The maximum atomic E-state index is 10.7. The van der Waals surface area contributed by atoms with Crippen molar-refractivity contribution < 1.29 is 4.92 Å². The van der Waals surface area contributed by atoms with Crippen LogP contribution in [0.25, 0.3) is 22.3 Å². The monoisotopic (exact) mass is 386 g/mol. The third-order valence-electron chi connectivity index (χ3n) is 4.35. The van der Waals surface area contributed by atoms with Gasteiger partial charge in [0.05, 0.1) is 10.4 Å². The van der Waals surface area contributed by atoms with E-state index >= 15 is 0 Å². The molecule has 0 spiro atoms. The summed E-state index contributed by atoms with van der Waals surface area (Å²) in [5.41, 5.74) is 2.60. The smallest absolute Gasteiger partial charge is 0.269 e. The summed E-state index contributed by atoms with van der Waals surface area (Å²) in [5, 5.41) is 18.3. The molecule has 0 radical (unpaired) electrons. The summed E-state index contributed by atoms with van der Waals surface area (Å²) in [6.45, 7) is 1.24. The van der Waals surface area contributed by atoms with E-state index in [0.29, 0.717) is 18.9 Å². The molecule has 8 nitrogen and oxygen atoms in total. The van der Waals surface area contributed by atoms with E-state index < -0.39 is 4.92 Å². The highest BCUT2D eigenvalue weighted by Crippen LogP contribution is 2.24. The molecule has 0 bridgehead atoms. The van der Waals surface area contributed by atoms with Gasteiger partial charge < -0.3 is 10.6 Å². The molecule has 4 aromatic rings. The predicted molar refractivity (Wildman–Crippen MR) is 113 cm³/mol. The Morgan fingerprint density at radius 2 is 1.69 bits per heavy atom. The van der Waals surface area contributed by atoms with Gasteiger partial charge in [0.2, 0.25) is 0 Å². The molecule has 144 valence electrons. The highest BCUT2D eigenvalue weighted by Gasteiger charge is 2.09. The topological polar surface area (TPSA) is 106 Å². The van der Waals surface area contributed by atoms with Crippen molar-refractivity contribution >= 4 is 28.1 Å². The van der Waals surface area contributed by atoms with Crippen LogP contribution >= 0.6 is 0 Å². The van der Waals surface area contributed by atoms with Gasteiger partial charge in [0.25, 0.3) is 5.69 Å². The number of benzene rings is 2. The number of nitrogens with zero attached hydrogens (tertiary/aromatic N) is 4. The van der Waals surface area contributed by atoms with Gasteiger partial charge >= 0.3 is 0 Å². The third-order valence-corrected chi connectivity index (χ3v) is 4.35. The first kappa shape index (κ1) is 18.3. The van der Waals surface area contributed by atoms with Gasteiger partial charge in [-0.1, -0.05) is 12.1 Å². The number of aromatic nitrogens is 3. The molecule has 0 aliphatic rings. The van der Waals surface area contributed by atoms with Crippen LogP contribution in [0, 0.1) is 10.1 Å². The molecule has 0 saturated heterocycles. The maximum Gasteiger partial charge on any atom is 0.269 e. The van der Waals surface area contributed by atoms with Crippen molar-refractivity contribution in [2.75, 3.05) is 23.7 Å². The standard InChI is InChI=1S/C21H18N6O2/c28-27(29)17-9-7-16(8-10-17)23-12-13-24-21-18-5-1-2-6-19(18)25-20(26-21)15-4-3-11-22-14-15/h1-11,14,23H,12-13H2,(H,24,25,26). The van der Waals surface area contributed by atoms with Gasteiger partial charge in [-0.15, -0.1) is 0 Å². The predicted octanol–water partition coefficient (Wildman–Crippen LogP) is 4.12. The van der Waals surface area contributed by atoms with Crippen LogP contribution in [-0.2, 0) is 0 Å². The number of hydrogen-bond acceptors (Lipinski definition) is 7.